The summed E-state index contributed by atoms with van der Waals surface area (Å²) in [6, 6.07) is 11.1. The lowest BCUT2D eigenvalue weighted by Crippen LogP contribution is -2.12. The molecule has 0 bridgehead atoms. The molecule has 0 spiro atoms. The first-order chi connectivity index (χ1) is 9.56. The van der Waals surface area contributed by atoms with Crippen molar-refractivity contribution in [2.24, 2.45) is 0 Å². The molecule has 0 aliphatic heterocycles. The SMILES string of the molecule is CCc1ccc(N(C)c2cc(OC)c(F)cc2N)cc1. The van der Waals surface area contributed by atoms with Gasteiger partial charge in [-0.15, -0.1) is 0 Å². The molecule has 106 valence electrons. The topological polar surface area (TPSA) is 38.5 Å². The highest BCUT2D eigenvalue weighted by atomic mass is 19.1. The number of nitrogens with zero attached hydrogens (tertiary/aromatic N) is 1. The first kappa shape index (κ1) is 14.2. The average Bonchev–Trinajstić information content (AvgIpc) is 2.47. The Morgan fingerprint density at radius 1 is 1.20 bits per heavy atom. The van der Waals surface area contributed by atoms with Crippen LogP contribution in [-0.2, 0) is 6.42 Å². The summed E-state index contributed by atoms with van der Waals surface area (Å²) >= 11 is 0. The number of nitrogens with two attached hydrogens (primary N) is 1. The van der Waals surface area contributed by atoms with Crippen LogP contribution in [0.5, 0.6) is 5.75 Å². The summed E-state index contributed by atoms with van der Waals surface area (Å²) in [7, 11) is 3.33. The third-order valence-electron chi connectivity index (χ3n) is 3.39. The molecule has 0 fully saturated rings. The van der Waals surface area contributed by atoms with Crippen molar-refractivity contribution in [2.75, 3.05) is 24.8 Å². The fourth-order valence-electron chi connectivity index (χ4n) is 2.10. The van der Waals surface area contributed by atoms with Crippen LogP contribution >= 0.6 is 0 Å². The highest BCUT2D eigenvalue weighted by Gasteiger charge is 2.13. The molecule has 0 aromatic heterocycles. The minimum Gasteiger partial charge on any atom is -0.494 e. The molecule has 0 saturated carbocycles. The van der Waals surface area contributed by atoms with Crippen LogP contribution < -0.4 is 15.4 Å². The molecule has 4 heteroatoms. The lowest BCUT2D eigenvalue weighted by Gasteiger charge is -2.22. The molecular formula is C16H19FN2O. The van der Waals surface area contributed by atoms with Gasteiger partial charge in [0.05, 0.1) is 18.5 Å². The van der Waals surface area contributed by atoms with Crippen molar-refractivity contribution in [1.29, 1.82) is 0 Å². The highest BCUT2D eigenvalue weighted by Crippen LogP contribution is 2.34. The normalized spacial score (nSPS) is 10.4. The number of ether oxygens (including phenoxy) is 1. The monoisotopic (exact) mass is 274 g/mol. The average molecular weight is 274 g/mol. The first-order valence-electron chi connectivity index (χ1n) is 6.52. The third-order valence-corrected chi connectivity index (χ3v) is 3.39. The number of hydrogen-bond donors (Lipinski definition) is 1. The predicted molar refractivity (Wildman–Crippen MR) is 81.2 cm³/mol. The summed E-state index contributed by atoms with van der Waals surface area (Å²) < 4.78 is 18.6. The van der Waals surface area contributed by atoms with E-state index in [2.05, 4.69) is 19.1 Å². The fourth-order valence-corrected chi connectivity index (χ4v) is 2.10. The molecular weight excluding hydrogens is 255 g/mol. The van der Waals surface area contributed by atoms with Gasteiger partial charge in [0, 0.05) is 24.9 Å². The van der Waals surface area contributed by atoms with E-state index in [4.69, 9.17) is 10.5 Å². The van der Waals surface area contributed by atoms with Crippen LogP contribution in [-0.4, -0.2) is 14.2 Å². The molecule has 0 unspecified atom stereocenters. The van der Waals surface area contributed by atoms with Gasteiger partial charge in [-0.2, -0.15) is 0 Å². The summed E-state index contributed by atoms with van der Waals surface area (Å²) in [4.78, 5) is 1.91. The van der Waals surface area contributed by atoms with E-state index < -0.39 is 5.82 Å². The van der Waals surface area contributed by atoms with Gasteiger partial charge in [0.2, 0.25) is 0 Å². The Balaban J connectivity index is 2.38. The molecule has 0 radical (unpaired) electrons. The molecule has 0 amide bonds. The van der Waals surface area contributed by atoms with Gasteiger partial charge in [-0.05, 0) is 24.1 Å². The van der Waals surface area contributed by atoms with Gasteiger partial charge >= 0.3 is 0 Å². The van der Waals surface area contributed by atoms with Crippen molar-refractivity contribution >= 4 is 17.1 Å². The number of rotatable bonds is 4. The number of benzene rings is 2. The Bertz CT molecular complexity index is 596. The van der Waals surface area contributed by atoms with E-state index in [1.54, 1.807) is 6.07 Å². The number of aryl methyl sites for hydroxylation is 1. The summed E-state index contributed by atoms with van der Waals surface area (Å²) in [5.74, 6) is -0.269. The van der Waals surface area contributed by atoms with E-state index in [-0.39, 0.29) is 5.75 Å². The van der Waals surface area contributed by atoms with Gasteiger partial charge in [0.15, 0.2) is 11.6 Å². The zero-order chi connectivity index (χ0) is 14.7. The van der Waals surface area contributed by atoms with Crippen molar-refractivity contribution < 1.29 is 9.13 Å². The van der Waals surface area contributed by atoms with Crippen molar-refractivity contribution in [3.8, 4) is 5.75 Å². The largest absolute Gasteiger partial charge is 0.494 e. The Morgan fingerprint density at radius 3 is 2.40 bits per heavy atom. The third kappa shape index (κ3) is 2.69. The van der Waals surface area contributed by atoms with Crippen LogP contribution in [0.15, 0.2) is 36.4 Å². The van der Waals surface area contributed by atoms with E-state index >= 15 is 0 Å². The second-order valence-corrected chi connectivity index (χ2v) is 4.62. The lowest BCUT2D eigenvalue weighted by atomic mass is 10.1. The van der Waals surface area contributed by atoms with Crippen molar-refractivity contribution in [3.05, 3.63) is 47.8 Å². The molecule has 2 aromatic carbocycles. The maximum absolute atomic E-state index is 13.6. The number of hydrogen-bond acceptors (Lipinski definition) is 3. The summed E-state index contributed by atoms with van der Waals surface area (Å²) in [6.07, 6.45) is 0.997. The zero-order valence-electron chi connectivity index (χ0n) is 12.0. The molecule has 0 heterocycles. The molecule has 0 aliphatic carbocycles. The van der Waals surface area contributed by atoms with Gasteiger partial charge in [-0.1, -0.05) is 19.1 Å². The lowest BCUT2D eigenvalue weighted by molar-refractivity contribution is 0.387. The second kappa shape index (κ2) is 5.82. The maximum atomic E-state index is 13.6. The minimum atomic E-state index is -0.455. The standard InChI is InChI=1S/C16H19FN2O/c1-4-11-5-7-12(8-6-11)19(2)15-10-16(20-3)13(17)9-14(15)18/h5-10H,4,18H2,1-3H3. The number of halogens is 1. The molecule has 2 aromatic rings. The Labute approximate surface area is 118 Å². The Morgan fingerprint density at radius 2 is 1.85 bits per heavy atom. The highest BCUT2D eigenvalue weighted by molar-refractivity contribution is 5.76. The molecule has 0 aliphatic rings. The molecule has 0 saturated heterocycles. The Hall–Kier alpha value is -2.23. The quantitative estimate of drug-likeness (QED) is 0.863. The van der Waals surface area contributed by atoms with Crippen LogP contribution in [0, 0.1) is 5.82 Å². The van der Waals surface area contributed by atoms with Crippen LogP contribution in [0.4, 0.5) is 21.5 Å². The van der Waals surface area contributed by atoms with Gasteiger partial charge in [0.25, 0.3) is 0 Å². The number of nitrogen functional groups attached to an aromatic ring is 1. The van der Waals surface area contributed by atoms with Crippen LogP contribution in [0.1, 0.15) is 12.5 Å². The predicted octanol–water partition coefficient (Wildman–Crippen LogP) is 3.75. The summed E-state index contributed by atoms with van der Waals surface area (Å²) in [6.45, 7) is 2.11. The van der Waals surface area contributed by atoms with Gasteiger partial charge < -0.3 is 15.4 Å². The van der Waals surface area contributed by atoms with Crippen molar-refractivity contribution in [3.63, 3.8) is 0 Å². The first-order valence-corrected chi connectivity index (χ1v) is 6.52. The van der Waals surface area contributed by atoms with Crippen molar-refractivity contribution in [1.82, 2.24) is 0 Å². The van der Waals surface area contributed by atoms with E-state index in [9.17, 15) is 4.39 Å². The fraction of sp³-hybridized carbons (Fsp3) is 0.250. The maximum Gasteiger partial charge on any atom is 0.167 e. The van der Waals surface area contributed by atoms with Gasteiger partial charge in [-0.25, -0.2) is 4.39 Å². The minimum absolute atomic E-state index is 0.186. The van der Waals surface area contributed by atoms with E-state index in [1.807, 2.05) is 24.1 Å². The van der Waals surface area contributed by atoms with E-state index in [0.29, 0.717) is 11.4 Å². The van der Waals surface area contributed by atoms with Gasteiger partial charge in [0.1, 0.15) is 0 Å². The smallest absolute Gasteiger partial charge is 0.167 e. The van der Waals surface area contributed by atoms with Crippen LogP contribution in [0.3, 0.4) is 0 Å². The van der Waals surface area contributed by atoms with Crippen molar-refractivity contribution in [2.45, 2.75) is 13.3 Å². The molecule has 2 rings (SSSR count). The molecule has 3 nitrogen and oxygen atoms in total. The van der Waals surface area contributed by atoms with Crippen LogP contribution in [0.25, 0.3) is 0 Å². The second-order valence-electron chi connectivity index (χ2n) is 4.62. The molecule has 0 atom stereocenters. The Kier molecular flexibility index (Phi) is 4.13. The number of methoxy groups -OCH3 is 1. The summed E-state index contributed by atoms with van der Waals surface area (Å²) in [5, 5.41) is 0. The number of anilines is 3. The molecule has 20 heavy (non-hydrogen) atoms. The van der Waals surface area contributed by atoms with E-state index in [0.717, 1.165) is 12.1 Å². The summed E-state index contributed by atoms with van der Waals surface area (Å²) in [5.41, 5.74) is 9.26. The van der Waals surface area contributed by atoms with Gasteiger partial charge in [-0.3, -0.25) is 0 Å². The zero-order valence-corrected chi connectivity index (χ0v) is 12.0. The van der Waals surface area contributed by atoms with Crippen LogP contribution in [0.2, 0.25) is 0 Å². The van der Waals surface area contributed by atoms with E-state index in [1.165, 1.54) is 18.7 Å². The molecule has 2 N–H and O–H groups in total.